The summed E-state index contributed by atoms with van der Waals surface area (Å²) < 4.78 is 11.6. The molecule has 38 heavy (non-hydrogen) atoms. The Morgan fingerprint density at radius 1 is 0.526 bits per heavy atom. The molecule has 0 amide bonds. The summed E-state index contributed by atoms with van der Waals surface area (Å²) >= 11 is 0. The van der Waals surface area contributed by atoms with E-state index in [9.17, 15) is 0 Å². The predicted molar refractivity (Wildman–Crippen MR) is 156 cm³/mol. The summed E-state index contributed by atoms with van der Waals surface area (Å²) in [4.78, 5) is 0. The minimum absolute atomic E-state index is 0.269. The van der Waals surface area contributed by atoms with E-state index in [2.05, 4.69) is 144 Å². The quantitative estimate of drug-likeness (QED) is 0.236. The molecule has 0 aliphatic carbocycles. The fourth-order valence-corrected chi connectivity index (χ4v) is 6.45. The van der Waals surface area contributed by atoms with E-state index in [1.165, 1.54) is 38.6 Å². The standard InChI is InChI=1S/C35H26N2O/c1-35(2)28-18-10-12-20-30(28)38-33-27-22-21-26-25-17-9-11-19-29(25)36(23-13-5-3-6-14-23)31(26)32(27)37(34(33)35)24-15-7-4-8-16-24/h3-22H,1-2H3. The molecule has 5 aromatic carbocycles. The van der Waals surface area contributed by atoms with Gasteiger partial charge in [0.15, 0.2) is 5.75 Å². The van der Waals surface area contributed by atoms with Gasteiger partial charge in [0.25, 0.3) is 0 Å². The van der Waals surface area contributed by atoms with Gasteiger partial charge in [0.1, 0.15) is 5.75 Å². The molecule has 0 bridgehead atoms. The summed E-state index contributed by atoms with van der Waals surface area (Å²) in [6.45, 7) is 4.63. The number of fused-ring (bicyclic) bond motifs is 8. The van der Waals surface area contributed by atoms with E-state index < -0.39 is 0 Å². The fraction of sp³-hybridized carbons (Fsp3) is 0.0857. The summed E-state index contributed by atoms with van der Waals surface area (Å²) in [7, 11) is 0. The van der Waals surface area contributed by atoms with Gasteiger partial charge in [-0.25, -0.2) is 0 Å². The molecule has 182 valence electrons. The molecule has 1 aliphatic heterocycles. The Morgan fingerprint density at radius 2 is 1.11 bits per heavy atom. The maximum Gasteiger partial charge on any atom is 0.157 e. The van der Waals surface area contributed by atoms with Crippen LogP contribution in [0.3, 0.4) is 0 Å². The van der Waals surface area contributed by atoms with E-state index in [-0.39, 0.29) is 5.41 Å². The Hall–Kier alpha value is -4.76. The van der Waals surface area contributed by atoms with Crippen LogP contribution in [-0.4, -0.2) is 9.13 Å². The molecule has 2 aromatic heterocycles. The molecule has 0 saturated heterocycles. The highest BCUT2D eigenvalue weighted by molar-refractivity contribution is 6.19. The van der Waals surface area contributed by atoms with E-state index in [0.717, 1.165) is 28.3 Å². The van der Waals surface area contributed by atoms with Gasteiger partial charge < -0.3 is 13.9 Å². The number of ether oxygens (including phenoxy) is 1. The Bertz CT molecular complexity index is 2010. The normalized spacial score (nSPS) is 13.9. The molecular formula is C35H26N2O. The van der Waals surface area contributed by atoms with Crippen LogP contribution in [0.25, 0.3) is 44.1 Å². The first-order chi connectivity index (χ1) is 18.6. The third-order valence-electron chi connectivity index (χ3n) is 8.11. The zero-order valence-corrected chi connectivity index (χ0v) is 21.3. The molecule has 0 atom stereocenters. The second-order valence-electron chi connectivity index (χ2n) is 10.6. The highest BCUT2D eigenvalue weighted by Gasteiger charge is 2.40. The van der Waals surface area contributed by atoms with Crippen LogP contribution < -0.4 is 4.74 Å². The molecule has 0 saturated carbocycles. The zero-order valence-electron chi connectivity index (χ0n) is 21.3. The highest BCUT2D eigenvalue weighted by atomic mass is 16.5. The van der Waals surface area contributed by atoms with Crippen LogP contribution in [0.2, 0.25) is 0 Å². The van der Waals surface area contributed by atoms with Crippen molar-refractivity contribution in [1.82, 2.24) is 9.13 Å². The zero-order chi connectivity index (χ0) is 25.4. The number of rotatable bonds is 2. The minimum atomic E-state index is -0.269. The lowest BCUT2D eigenvalue weighted by atomic mass is 9.79. The van der Waals surface area contributed by atoms with Gasteiger partial charge in [0, 0.05) is 38.5 Å². The van der Waals surface area contributed by atoms with Crippen LogP contribution >= 0.6 is 0 Å². The van der Waals surface area contributed by atoms with E-state index in [4.69, 9.17) is 4.74 Å². The van der Waals surface area contributed by atoms with Crippen molar-refractivity contribution in [2.24, 2.45) is 0 Å². The van der Waals surface area contributed by atoms with Crippen molar-refractivity contribution in [2.45, 2.75) is 19.3 Å². The van der Waals surface area contributed by atoms with Gasteiger partial charge in [0.05, 0.1) is 22.2 Å². The molecule has 0 fully saturated rings. The number of hydrogen-bond donors (Lipinski definition) is 0. The first-order valence-electron chi connectivity index (χ1n) is 13.1. The summed E-state index contributed by atoms with van der Waals surface area (Å²) in [5.74, 6) is 1.88. The molecule has 8 rings (SSSR count). The fourth-order valence-electron chi connectivity index (χ4n) is 6.45. The summed E-state index contributed by atoms with van der Waals surface area (Å²) in [6, 6.07) is 43.1. The summed E-state index contributed by atoms with van der Waals surface area (Å²) in [5, 5.41) is 3.61. The first kappa shape index (κ1) is 21.3. The molecule has 3 heterocycles. The largest absolute Gasteiger partial charge is 0.454 e. The van der Waals surface area contributed by atoms with Gasteiger partial charge in [-0.15, -0.1) is 0 Å². The molecule has 7 aromatic rings. The molecule has 1 aliphatic rings. The molecule has 0 unspecified atom stereocenters. The van der Waals surface area contributed by atoms with E-state index in [1.807, 2.05) is 0 Å². The Labute approximate surface area is 221 Å². The topological polar surface area (TPSA) is 19.1 Å². The van der Waals surface area contributed by atoms with Gasteiger partial charge in [-0.3, -0.25) is 0 Å². The third kappa shape index (κ3) is 2.73. The highest BCUT2D eigenvalue weighted by Crippen LogP contribution is 2.54. The van der Waals surface area contributed by atoms with Crippen molar-refractivity contribution in [3.05, 3.63) is 133 Å². The van der Waals surface area contributed by atoms with Crippen molar-refractivity contribution in [2.75, 3.05) is 0 Å². The summed E-state index contributed by atoms with van der Waals surface area (Å²) in [5.41, 5.74) is 7.94. The molecule has 3 nitrogen and oxygen atoms in total. The molecule has 0 spiro atoms. The Balaban J connectivity index is 1.64. The van der Waals surface area contributed by atoms with Crippen LogP contribution in [0.15, 0.2) is 121 Å². The van der Waals surface area contributed by atoms with Crippen LogP contribution in [0.4, 0.5) is 0 Å². The second kappa shape index (κ2) is 7.62. The molecular weight excluding hydrogens is 464 g/mol. The lowest BCUT2D eigenvalue weighted by molar-refractivity contribution is 0.414. The number of nitrogens with zero attached hydrogens (tertiary/aromatic N) is 2. The minimum Gasteiger partial charge on any atom is -0.454 e. The van der Waals surface area contributed by atoms with Crippen molar-refractivity contribution in [1.29, 1.82) is 0 Å². The first-order valence-corrected chi connectivity index (χ1v) is 13.1. The lowest BCUT2D eigenvalue weighted by Gasteiger charge is -2.34. The Morgan fingerprint density at radius 3 is 1.87 bits per heavy atom. The average molecular weight is 491 g/mol. The lowest BCUT2D eigenvalue weighted by Crippen LogP contribution is -2.27. The monoisotopic (exact) mass is 490 g/mol. The van der Waals surface area contributed by atoms with Crippen LogP contribution in [0.5, 0.6) is 11.5 Å². The van der Waals surface area contributed by atoms with Crippen molar-refractivity contribution >= 4 is 32.7 Å². The van der Waals surface area contributed by atoms with Crippen molar-refractivity contribution in [3.8, 4) is 22.9 Å². The average Bonchev–Trinajstić information content (AvgIpc) is 3.48. The number of hydrogen-bond acceptors (Lipinski definition) is 1. The van der Waals surface area contributed by atoms with Crippen LogP contribution in [-0.2, 0) is 5.41 Å². The summed E-state index contributed by atoms with van der Waals surface area (Å²) in [6.07, 6.45) is 0. The maximum atomic E-state index is 6.77. The van der Waals surface area contributed by atoms with E-state index >= 15 is 0 Å². The van der Waals surface area contributed by atoms with Gasteiger partial charge in [0.2, 0.25) is 0 Å². The van der Waals surface area contributed by atoms with Gasteiger partial charge in [-0.2, -0.15) is 0 Å². The molecule has 0 radical (unpaired) electrons. The number of benzene rings is 5. The number of para-hydroxylation sites is 4. The second-order valence-corrected chi connectivity index (χ2v) is 10.6. The SMILES string of the molecule is CC1(C)c2ccccc2Oc2c1n(-c1ccccc1)c1c2ccc2c3ccccc3n(-c3ccccc3)c21. The van der Waals surface area contributed by atoms with Crippen molar-refractivity contribution in [3.63, 3.8) is 0 Å². The molecule has 3 heteroatoms. The maximum absolute atomic E-state index is 6.77. The predicted octanol–water partition coefficient (Wildman–Crippen LogP) is 9.16. The smallest absolute Gasteiger partial charge is 0.157 e. The van der Waals surface area contributed by atoms with Crippen molar-refractivity contribution < 1.29 is 4.74 Å². The molecule has 0 N–H and O–H groups in total. The van der Waals surface area contributed by atoms with Gasteiger partial charge >= 0.3 is 0 Å². The van der Waals surface area contributed by atoms with Crippen LogP contribution in [0, 0.1) is 0 Å². The van der Waals surface area contributed by atoms with Crippen LogP contribution in [0.1, 0.15) is 25.1 Å². The van der Waals surface area contributed by atoms with E-state index in [1.54, 1.807) is 0 Å². The Kier molecular flexibility index (Phi) is 4.28. The third-order valence-corrected chi connectivity index (χ3v) is 8.11. The van der Waals surface area contributed by atoms with Gasteiger partial charge in [-0.05, 0) is 56.3 Å². The van der Waals surface area contributed by atoms with E-state index in [0.29, 0.717) is 0 Å². The van der Waals surface area contributed by atoms with Gasteiger partial charge in [-0.1, -0.05) is 78.9 Å². The number of aromatic nitrogens is 2.